The first kappa shape index (κ1) is 19.3. The Morgan fingerprint density at radius 2 is 1.73 bits per heavy atom. The number of para-hydroxylation sites is 1. The van der Waals surface area contributed by atoms with Gasteiger partial charge in [0.25, 0.3) is 5.91 Å². The number of methoxy groups -OCH3 is 1. The maximum atomic E-state index is 12.7. The third-order valence-electron chi connectivity index (χ3n) is 4.78. The largest absolute Gasteiger partial charge is 0.495 e. The van der Waals surface area contributed by atoms with Crippen molar-refractivity contribution in [1.82, 2.24) is 0 Å². The van der Waals surface area contributed by atoms with Crippen LogP contribution in [0.3, 0.4) is 0 Å². The number of carbonyl (C=O) groups excluding carboxylic acids is 2. The van der Waals surface area contributed by atoms with Gasteiger partial charge in [-0.2, -0.15) is 0 Å². The molecule has 3 aromatic carbocycles. The van der Waals surface area contributed by atoms with Crippen LogP contribution in [0.2, 0.25) is 0 Å². The molecule has 3 N–H and O–H groups in total. The molecule has 2 amide bonds. The van der Waals surface area contributed by atoms with E-state index >= 15 is 0 Å². The molecular weight excluding hydrogens is 384 g/mol. The van der Waals surface area contributed by atoms with Crippen molar-refractivity contribution in [2.24, 2.45) is 5.73 Å². The first-order valence-corrected chi connectivity index (χ1v) is 9.33. The number of amides is 2. The molecular formula is C23H20N2O5. The summed E-state index contributed by atoms with van der Waals surface area (Å²) in [6, 6.07) is 17.5. The summed E-state index contributed by atoms with van der Waals surface area (Å²) < 4.78 is 17.0. The van der Waals surface area contributed by atoms with Gasteiger partial charge < -0.3 is 24.9 Å². The summed E-state index contributed by atoms with van der Waals surface area (Å²) in [5.74, 6) is 0.0749. The van der Waals surface area contributed by atoms with Crippen LogP contribution in [0.5, 0.6) is 11.5 Å². The normalized spacial score (nSPS) is 11.9. The van der Waals surface area contributed by atoms with E-state index in [1.807, 2.05) is 30.3 Å². The zero-order chi connectivity index (χ0) is 21.3. The average molecular weight is 404 g/mol. The van der Waals surface area contributed by atoms with Crippen molar-refractivity contribution in [3.05, 3.63) is 66.2 Å². The third kappa shape index (κ3) is 3.65. The molecule has 7 heteroatoms. The number of furan rings is 1. The number of hydrogen-bond acceptors (Lipinski definition) is 5. The summed E-state index contributed by atoms with van der Waals surface area (Å²) in [5, 5.41) is 4.70. The Kier molecular flexibility index (Phi) is 5.02. The number of benzene rings is 3. The molecule has 0 saturated heterocycles. The predicted molar refractivity (Wildman–Crippen MR) is 114 cm³/mol. The number of rotatable bonds is 6. The SMILES string of the molecule is COc1cc2c(cc1NC(=O)[C@H](C)Oc1ccc(C(N)=O)cc1)oc1ccccc12. The van der Waals surface area contributed by atoms with Gasteiger partial charge in [-0.1, -0.05) is 18.2 Å². The number of hydrogen-bond donors (Lipinski definition) is 2. The third-order valence-corrected chi connectivity index (χ3v) is 4.78. The highest BCUT2D eigenvalue weighted by Gasteiger charge is 2.19. The Bertz CT molecular complexity index is 1240. The lowest BCUT2D eigenvalue weighted by atomic mass is 10.1. The maximum Gasteiger partial charge on any atom is 0.265 e. The molecule has 4 rings (SSSR count). The summed E-state index contributed by atoms with van der Waals surface area (Å²) in [5.41, 5.74) is 7.47. The van der Waals surface area contributed by atoms with Crippen LogP contribution in [0, 0.1) is 0 Å². The minimum Gasteiger partial charge on any atom is -0.495 e. The Morgan fingerprint density at radius 3 is 2.43 bits per heavy atom. The van der Waals surface area contributed by atoms with Crippen LogP contribution in [0.1, 0.15) is 17.3 Å². The molecule has 0 aliphatic rings. The van der Waals surface area contributed by atoms with Crippen molar-refractivity contribution in [2.75, 3.05) is 12.4 Å². The average Bonchev–Trinajstić information content (AvgIpc) is 3.10. The van der Waals surface area contributed by atoms with Crippen LogP contribution in [0.15, 0.2) is 65.1 Å². The van der Waals surface area contributed by atoms with Crippen molar-refractivity contribution in [2.45, 2.75) is 13.0 Å². The molecule has 0 aliphatic heterocycles. The van der Waals surface area contributed by atoms with E-state index in [4.69, 9.17) is 19.6 Å². The van der Waals surface area contributed by atoms with Gasteiger partial charge in [-0.3, -0.25) is 9.59 Å². The van der Waals surface area contributed by atoms with Gasteiger partial charge in [0, 0.05) is 22.4 Å². The number of ether oxygens (including phenoxy) is 2. The Hall–Kier alpha value is -4.00. The lowest BCUT2D eigenvalue weighted by Gasteiger charge is -2.16. The van der Waals surface area contributed by atoms with Crippen LogP contribution in [-0.2, 0) is 4.79 Å². The van der Waals surface area contributed by atoms with Crippen LogP contribution in [0.25, 0.3) is 21.9 Å². The number of nitrogens with one attached hydrogen (secondary N) is 1. The molecule has 0 bridgehead atoms. The van der Waals surface area contributed by atoms with Gasteiger partial charge in [0.05, 0.1) is 12.8 Å². The molecule has 0 unspecified atom stereocenters. The van der Waals surface area contributed by atoms with Crippen molar-refractivity contribution in [3.8, 4) is 11.5 Å². The highest BCUT2D eigenvalue weighted by atomic mass is 16.5. The molecule has 0 saturated carbocycles. The standard InChI is InChI=1S/C23H20N2O5/c1-13(29-15-9-7-14(8-10-15)22(24)26)23(27)25-18-12-20-17(11-21(18)28-2)16-5-3-4-6-19(16)30-20/h3-13H,1-2H3,(H2,24,26)(H,25,27)/t13-/m0/s1. The fourth-order valence-electron chi connectivity index (χ4n) is 3.21. The number of anilines is 1. The predicted octanol–water partition coefficient (Wildman–Crippen LogP) is 4.10. The first-order valence-electron chi connectivity index (χ1n) is 9.33. The highest BCUT2D eigenvalue weighted by Crippen LogP contribution is 2.36. The molecule has 0 spiro atoms. The Morgan fingerprint density at radius 1 is 1.00 bits per heavy atom. The second kappa shape index (κ2) is 7.79. The molecule has 7 nitrogen and oxygen atoms in total. The zero-order valence-electron chi connectivity index (χ0n) is 16.5. The van der Waals surface area contributed by atoms with Crippen LogP contribution in [0.4, 0.5) is 5.69 Å². The quantitative estimate of drug-likeness (QED) is 0.504. The minimum atomic E-state index is -0.791. The van der Waals surface area contributed by atoms with Crippen LogP contribution < -0.4 is 20.5 Å². The van der Waals surface area contributed by atoms with E-state index in [-0.39, 0.29) is 5.91 Å². The van der Waals surface area contributed by atoms with E-state index in [2.05, 4.69) is 5.32 Å². The Balaban J connectivity index is 1.55. The highest BCUT2D eigenvalue weighted by molar-refractivity contribution is 6.08. The second-order valence-corrected chi connectivity index (χ2v) is 6.78. The number of carbonyl (C=O) groups is 2. The zero-order valence-corrected chi connectivity index (χ0v) is 16.5. The Labute approximate surface area is 172 Å². The smallest absolute Gasteiger partial charge is 0.265 e. The van der Waals surface area contributed by atoms with E-state index in [1.165, 1.54) is 0 Å². The summed E-state index contributed by atoms with van der Waals surface area (Å²) in [6.45, 7) is 1.63. The van der Waals surface area contributed by atoms with Gasteiger partial charge in [0.15, 0.2) is 6.10 Å². The van der Waals surface area contributed by atoms with Gasteiger partial charge in [-0.05, 0) is 43.3 Å². The van der Waals surface area contributed by atoms with Crippen molar-refractivity contribution < 1.29 is 23.5 Å². The first-order chi connectivity index (χ1) is 14.5. The van der Waals surface area contributed by atoms with E-state index in [0.717, 1.165) is 16.4 Å². The topological polar surface area (TPSA) is 104 Å². The molecule has 1 heterocycles. The summed E-state index contributed by atoms with van der Waals surface area (Å²) in [6.07, 6.45) is -0.791. The van der Waals surface area contributed by atoms with Gasteiger partial charge in [-0.15, -0.1) is 0 Å². The fourth-order valence-corrected chi connectivity index (χ4v) is 3.21. The molecule has 0 aliphatic carbocycles. The van der Waals surface area contributed by atoms with Gasteiger partial charge in [-0.25, -0.2) is 0 Å². The van der Waals surface area contributed by atoms with Crippen molar-refractivity contribution in [1.29, 1.82) is 0 Å². The minimum absolute atomic E-state index is 0.359. The molecule has 0 fully saturated rings. The maximum absolute atomic E-state index is 12.7. The van der Waals surface area contributed by atoms with Crippen LogP contribution >= 0.6 is 0 Å². The fraction of sp³-hybridized carbons (Fsp3) is 0.130. The summed E-state index contributed by atoms with van der Waals surface area (Å²) in [7, 11) is 1.54. The van der Waals surface area contributed by atoms with Gasteiger partial charge in [0.1, 0.15) is 22.7 Å². The molecule has 30 heavy (non-hydrogen) atoms. The lowest BCUT2D eigenvalue weighted by molar-refractivity contribution is -0.122. The van der Waals surface area contributed by atoms with E-state index in [9.17, 15) is 9.59 Å². The second-order valence-electron chi connectivity index (χ2n) is 6.78. The van der Waals surface area contributed by atoms with Gasteiger partial charge in [0.2, 0.25) is 5.91 Å². The molecule has 0 radical (unpaired) electrons. The monoisotopic (exact) mass is 404 g/mol. The lowest BCUT2D eigenvalue weighted by Crippen LogP contribution is -2.30. The van der Waals surface area contributed by atoms with E-state index in [1.54, 1.807) is 44.4 Å². The van der Waals surface area contributed by atoms with E-state index < -0.39 is 12.0 Å². The van der Waals surface area contributed by atoms with Gasteiger partial charge >= 0.3 is 0 Å². The molecule has 4 aromatic rings. The van der Waals surface area contributed by atoms with Crippen molar-refractivity contribution >= 4 is 39.4 Å². The molecule has 1 aromatic heterocycles. The van der Waals surface area contributed by atoms with Crippen molar-refractivity contribution in [3.63, 3.8) is 0 Å². The number of fused-ring (bicyclic) bond motifs is 3. The van der Waals surface area contributed by atoms with E-state index in [0.29, 0.717) is 28.3 Å². The summed E-state index contributed by atoms with van der Waals surface area (Å²) in [4.78, 5) is 23.8. The summed E-state index contributed by atoms with van der Waals surface area (Å²) >= 11 is 0. The number of nitrogens with two attached hydrogens (primary N) is 1. The molecule has 1 atom stereocenters. The van der Waals surface area contributed by atoms with Crippen LogP contribution in [-0.4, -0.2) is 25.0 Å². The molecule has 152 valence electrons. The number of primary amides is 1.